The van der Waals surface area contributed by atoms with Gasteiger partial charge in [0, 0.05) is 49.4 Å². The number of urea groups is 1. The van der Waals surface area contributed by atoms with E-state index in [0.29, 0.717) is 43.5 Å². The molecule has 196 valence electrons. The number of nitrogens with zero attached hydrogens (tertiary/aromatic N) is 3. The SMILES string of the molecule is CC(=O)C1(CC(=O)N(c2ccccc2)C(C2CC2)C2CC2)CCN(C(=O)N(C)c2ccc(F)cc2)CC1. The first kappa shape index (κ1) is 25.4. The van der Waals surface area contributed by atoms with E-state index in [9.17, 15) is 18.8 Å². The van der Waals surface area contributed by atoms with Gasteiger partial charge in [-0.05, 0) is 93.7 Å². The Kier molecular flexibility index (Phi) is 7.06. The van der Waals surface area contributed by atoms with Gasteiger partial charge >= 0.3 is 6.03 Å². The molecular formula is C30H36FN3O3. The van der Waals surface area contributed by atoms with Crippen molar-refractivity contribution in [3.63, 3.8) is 0 Å². The van der Waals surface area contributed by atoms with Crippen LogP contribution in [0.4, 0.5) is 20.6 Å². The number of halogens is 1. The van der Waals surface area contributed by atoms with E-state index in [2.05, 4.69) is 0 Å². The lowest BCUT2D eigenvalue weighted by molar-refractivity contribution is -0.135. The van der Waals surface area contributed by atoms with Crippen molar-refractivity contribution in [1.82, 2.24) is 4.90 Å². The lowest BCUT2D eigenvalue weighted by Crippen LogP contribution is -2.52. The first-order valence-corrected chi connectivity index (χ1v) is 13.5. The first-order chi connectivity index (χ1) is 17.8. The summed E-state index contributed by atoms with van der Waals surface area (Å²) in [7, 11) is 1.67. The fourth-order valence-electron chi connectivity index (χ4n) is 5.89. The summed E-state index contributed by atoms with van der Waals surface area (Å²) in [5.74, 6) is 0.780. The zero-order valence-corrected chi connectivity index (χ0v) is 21.7. The molecule has 3 amide bonds. The van der Waals surface area contributed by atoms with Crippen molar-refractivity contribution in [1.29, 1.82) is 0 Å². The third-order valence-corrected chi connectivity index (χ3v) is 8.54. The third-order valence-electron chi connectivity index (χ3n) is 8.54. The van der Waals surface area contributed by atoms with Crippen molar-refractivity contribution in [2.24, 2.45) is 17.3 Å². The number of anilines is 2. The summed E-state index contributed by atoms with van der Waals surface area (Å²) in [5.41, 5.74) is 0.755. The topological polar surface area (TPSA) is 60.9 Å². The van der Waals surface area contributed by atoms with Crippen molar-refractivity contribution in [2.45, 2.75) is 57.9 Å². The molecular weight excluding hydrogens is 469 g/mol. The number of hydrogen-bond donors (Lipinski definition) is 0. The molecule has 6 nitrogen and oxygen atoms in total. The standard InChI is InChI=1S/C30H36FN3O3/c1-21(35)30(16-18-33(19-17-30)29(37)32(2)25-14-12-24(31)13-15-25)20-27(36)34(26-6-4-3-5-7-26)28(22-8-9-22)23-10-11-23/h3-7,12-15,22-23,28H,8-11,16-20H2,1-2H3. The summed E-state index contributed by atoms with van der Waals surface area (Å²) in [5, 5.41) is 0. The molecule has 2 aromatic carbocycles. The second-order valence-corrected chi connectivity index (χ2v) is 11.1. The van der Waals surface area contributed by atoms with Crippen molar-refractivity contribution < 1.29 is 18.8 Å². The summed E-state index contributed by atoms with van der Waals surface area (Å²) in [6.45, 7) is 2.38. The molecule has 1 heterocycles. The summed E-state index contributed by atoms with van der Waals surface area (Å²) >= 11 is 0. The minimum atomic E-state index is -0.771. The van der Waals surface area contributed by atoms with Crippen LogP contribution in [0.5, 0.6) is 0 Å². The van der Waals surface area contributed by atoms with Crippen LogP contribution in [0.2, 0.25) is 0 Å². The molecule has 0 N–H and O–H groups in total. The van der Waals surface area contributed by atoms with Gasteiger partial charge in [-0.25, -0.2) is 9.18 Å². The molecule has 0 radical (unpaired) electrons. The maximum atomic E-state index is 14.0. The fraction of sp³-hybridized carbons (Fsp3) is 0.500. The molecule has 37 heavy (non-hydrogen) atoms. The Morgan fingerprint density at radius 1 is 0.919 bits per heavy atom. The van der Waals surface area contributed by atoms with Crippen LogP contribution in [-0.2, 0) is 9.59 Å². The summed E-state index contributed by atoms with van der Waals surface area (Å²) in [6, 6.07) is 15.7. The number of rotatable bonds is 8. The molecule has 7 heteroatoms. The molecule has 1 saturated heterocycles. The van der Waals surface area contributed by atoms with Gasteiger partial charge in [0.25, 0.3) is 0 Å². The highest BCUT2D eigenvalue weighted by molar-refractivity contribution is 5.98. The molecule has 3 aliphatic rings. The molecule has 0 unspecified atom stereocenters. The van der Waals surface area contributed by atoms with Crippen LogP contribution in [0.15, 0.2) is 54.6 Å². The second-order valence-electron chi connectivity index (χ2n) is 11.1. The lowest BCUT2D eigenvalue weighted by atomic mass is 9.72. The highest BCUT2D eigenvalue weighted by atomic mass is 19.1. The van der Waals surface area contributed by atoms with Gasteiger partial charge in [-0.15, -0.1) is 0 Å². The Balaban J connectivity index is 1.31. The zero-order chi connectivity index (χ0) is 26.2. The Labute approximate surface area is 218 Å². The normalized spacial score (nSPS) is 19.0. The molecule has 0 atom stereocenters. The maximum absolute atomic E-state index is 14.0. The molecule has 3 fully saturated rings. The molecule has 2 aromatic rings. The number of likely N-dealkylation sites (tertiary alicyclic amines) is 1. The van der Waals surface area contributed by atoms with Gasteiger partial charge in [0.15, 0.2) is 0 Å². The Morgan fingerprint density at radius 2 is 1.49 bits per heavy atom. The van der Waals surface area contributed by atoms with E-state index in [1.165, 1.54) is 17.0 Å². The Morgan fingerprint density at radius 3 is 2.00 bits per heavy atom. The summed E-state index contributed by atoms with van der Waals surface area (Å²) < 4.78 is 13.3. The predicted molar refractivity (Wildman–Crippen MR) is 142 cm³/mol. The number of ketones is 1. The van der Waals surface area contributed by atoms with Crippen LogP contribution in [0.1, 0.15) is 51.9 Å². The third kappa shape index (κ3) is 5.41. The number of hydrogen-bond acceptors (Lipinski definition) is 3. The van der Waals surface area contributed by atoms with Gasteiger partial charge < -0.3 is 9.80 Å². The van der Waals surface area contributed by atoms with E-state index in [-0.39, 0.29) is 36.0 Å². The number of benzene rings is 2. The lowest BCUT2D eigenvalue weighted by Gasteiger charge is -2.42. The zero-order valence-electron chi connectivity index (χ0n) is 21.7. The van der Waals surface area contributed by atoms with Gasteiger partial charge in [-0.3, -0.25) is 14.5 Å². The fourth-order valence-corrected chi connectivity index (χ4v) is 5.89. The van der Waals surface area contributed by atoms with Gasteiger partial charge in [0.1, 0.15) is 11.6 Å². The minimum Gasteiger partial charge on any atom is -0.324 e. The maximum Gasteiger partial charge on any atom is 0.324 e. The number of para-hydroxylation sites is 1. The highest BCUT2D eigenvalue weighted by Gasteiger charge is 2.49. The minimum absolute atomic E-state index is 0.0160. The first-order valence-electron chi connectivity index (χ1n) is 13.5. The molecule has 0 spiro atoms. The van der Waals surface area contributed by atoms with Gasteiger partial charge in [0.05, 0.1) is 0 Å². The molecule has 0 bridgehead atoms. The van der Waals surface area contributed by atoms with Crippen molar-refractivity contribution in [2.75, 3.05) is 29.9 Å². The molecule has 0 aromatic heterocycles. The molecule has 1 aliphatic heterocycles. The van der Waals surface area contributed by atoms with Gasteiger partial charge in [-0.2, -0.15) is 0 Å². The number of piperidine rings is 1. The van der Waals surface area contributed by atoms with Gasteiger partial charge in [0.2, 0.25) is 5.91 Å². The van der Waals surface area contributed by atoms with E-state index < -0.39 is 5.41 Å². The summed E-state index contributed by atoms with van der Waals surface area (Å²) in [6.07, 6.45) is 5.72. The number of carbonyl (C=O) groups is 3. The Hall–Kier alpha value is -3.22. The van der Waals surface area contributed by atoms with Crippen LogP contribution in [0.25, 0.3) is 0 Å². The average Bonchev–Trinajstić information content (AvgIpc) is 3.82. The van der Waals surface area contributed by atoms with Crippen LogP contribution in [-0.4, -0.2) is 48.8 Å². The average molecular weight is 506 g/mol. The number of Topliss-reactive ketones (excluding diaryl/α,β-unsaturated/α-hetero) is 1. The van der Waals surface area contributed by atoms with Crippen LogP contribution < -0.4 is 9.80 Å². The predicted octanol–water partition coefficient (Wildman–Crippen LogP) is 5.67. The van der Waals surface area contributed by atoms with E-state index in [1.54, 1.807) is 31.0 Å². The summed E-state index contributed by atoms with van der Waals surface area (Å²) in [4.78, 5) is 45.4. The van der Waals surface area contributed by atoms with Crippen molar-refractivity contribution in [3.05, 3.63) is 60.4 Å². The van der Waals surface area contributed by atoms with Crippen molar-refractivity contribution >= 4 is 29.1 Å². The second kappa shape index (κ2) is 10.3. The molecule has 5 rings (SSSR count). The molecule has 2 aliphatic carbocycles. The number of carbonyl (C=O) groups excluding carboxylic acids is 3. The van der Waals surface area contributed by atoms with Crippen LogP contribution >= 0.6 is 0 Å². The monoisotopic (exact) mass is 505 g/mol. The smallest absolute Gasteiger partial charge is 0.324 e. The van der Waals surface area contributed by atoms with Gasteiger partial charge in [-0.1, -0.05) is 18.2 Å². The quantitative estimate of drug-likeness (QED) is 0.465. The van der Waals surface area contributed by atoms with Crippen LogP contribution in [0.3, 0.4) is 0 Å². The van der Waals surface area contributed by atoms with Crippen LogP contribution in [0, 0.1) is 23.1 Å². The molecule has 2 saturated carbocycles. The number of amides is 3. The van der Waals surface area contributed by atoms with Crippen molar-refractivity contribution in [3.8, 4) is 0 Å². The highest BCUT2D eigenvalue weighted by Crippen LogP contribution is 2.49. The van der Waals surface area contributed by atoms with E-state index in [4.69, 9.17) is 0 Å². The van der Waals surface area contributed by atoms with E-state index >= 15 is 0 Å². The van der Waals surface area contributed by atoms with E-state index in [0.717, 1.165) is 31.4 Å². The Bertz CT molecular complexity index is 1120. The van der Waals surface area contributed by atoms with E-state index in [1.807, 2.05) is 35.2 Å². The largest absolute Gasteiger partial charge is 0.324 e.